The van der Waals surface area contributed by atoms with Gasteiger partial charge in [-0.1, -0.05) is 12.1 Å². The lowest BCUT2D eigenvalue weighted by molar-refractivity contribution is -0.123. The second-order valence-corrected chi connectivity index (χ2v) is 7.83. The van der Waals surface area contributed by atoms with Gasteiger partial charge in [0.2, 0.25) is 11.8 Å². The number of anilines is 2. The molecular formula is C22H31N5O3. The summed E-state index contributed by atoms with van der Waals surface area (Å²) in [6.07, 6.45) is 1.42. The SMILES string of the molecule is COc1ccccc1NC(=O)C1CCN(C(C)C(=O)Nc2c(C)nn(C)c2C)CC1. The number of amides is 2. The number of carbonyl (C=O) groups is 2. The first-order valence-electron chi connectivity index (χ1n) is 10.3. The van der Waals surface area contributed by atoms with Gasteiger partial charge in [-0.05, 0) is 58.8 Å². The number of likely N-dealkylation sites (tertiary alicyclic amines) is 1. The number of aromatic nitrogens is 2. The van der Waals surface area contributed by atoms with Crippen LogP contribution >= 0.6 is 0 Å². The maximum Gasteiger partial charge on any atom is 0.241 e. The fraction of sp³-hybridized carbons (Fsp3) is 0.500. The number of para-hydroxylation sites is 2. The van der Waals surface area contributed by atoms with E-state index < -0.39 is 0 Å². The third-order valence-corrected chi connectivity index (χ3v) is 5.95. The summed E-state index contributed by atoms with van der Waals surface area (Å²) in [5.41, 5.74) is 3.20. The van der Waals surface area contributed by atoms with Crippen molar-refractivity contribution in [1.29, 1.82) is 0 Å². The molecule has 8 heteroatoms. The van der Waals surface area contributed by atoms with E-state index in [1.165, 1.54) is 0 Å². The fourth-order valence-electron chi connectivity index (χ4n) is 3.88. The van der Waals surface area contributed by atoms with Crippen molar-refractivity contribution in [2.45, 2.75) is 39.7 Å². The Kier molecular flexibility index (Phi) is 6.77. The van der Waals surface area contributed by atoms with Crippen molar-refractivity contribution in [3.05, 3.63) is 35.7 Å². The van der Waals surface area contributed by atoms with Crippen molar-refractivity contribution in [3.8, 4) is 5.75 Å². The third-order valence-electron chi connectivity index (χ3n) is 5.95. The molecule has 1 aromatic carbocycles. The molecule has 1 aliphatic rings. The van der Waals surface area contributed by atoms with Gasteiger partial charge in [0, 0.05) is 13.0 Å². The molecular weight excluding hydrogens is 382 g/mol. The molecule has 0 spiro atoms. The minimum Gasteiger partial charge on any atom is -0.495 e. The van der Waals surface area contributed by atoms with Gasteiger partial charge in [-0.25, -0.2) is 0 Å². The van der Waals surface area contributed by atoms with Crippen LogP contribution in [0.15, 0.2) is 24.3 Å². The smallest absolute Gasteiger partial charge is 0.241 e. The number of nitrogens with one attached hydrogen (secondary N) is 2. The largest absolute Gasteiger partial charge is 0.495 e. The van der Waals surface area contributed by atoms with Gasteiger partial charge in [0.1, 0.15) is 5.75 Å². The van der Waals surface area contributed by atoms with Gasteiger partial charge in [-0.2, -0.15) is 5.10 Å². The summed E-state index contributed by atoms with van der Waals surface area (Å²) in [7, 11) is 3.45. The molecule has 30 heavy (non-hydrogen) atoms. The number of methoxy groups -OCH3 is 1. The summed E-state index contributed by atoms with van der Waals surface area (Å²) in [4.78, 5) is 27.6. The van der Waals surface area contributed by atoms with Gasteiger partial charge in [-0.3, -0.25) is 19.2 Å². The summed E-state index contributed by atoms with van der Waals surface area (Å²) >= 11 is 0. The quantitative estimate of drug-likeness (QED) is 0.760. The van der Waals surface area contributed by atoms with E-state index in [2.05, 4.69) is 20.6 Å². The van der Waals surface area contributed by atoms with Crippen molar-refractivity contribution in [3.63, 3.8) is 0 Å². The number of rotatable bonds is 6. The molecule has 0 radical (unpaired) electrons. The molecule has 3 rings (SSSR count). The first-order chi connectivity index (χ1) is 14.3. The third kappa shape index (κ3) is 4.64. The zero-order valence-corrected chi connectivity index (χ0v) is 18.4. The van der Waals surface area contributed by atoms with Crippen molar-refractivity contribution in [1.82, 2.24) is 14.7 Å². The highest BCUT2D eigenvalue weighted by molar-refractivity contribution is 5.96. The van der Waals surface area contributed by atoms with Crippen molar-refractivity contribution in [2.75, 3.05) is 30.8 Å². The van der Waals surface area contributed by atoms with Crippen LogP contribution < -0.4 is 15.4 Å². The van der Waals surface area contributed by atoms with Crippen LogP contribution in [0.5, 0.6) is 5.75 Å². The molecule has 1 atom stereocenters. The topological polar surface area (TPSA) is 88.5 Å². The molecule has 2 aromatic rings. The Morgan fingerprint density at radius 2 is 1.83 bits per heavy atom. The van der Waals surface area contributed by atoms with E-state index in [-0.39, 0.29) is 23.8 Å². The number of hydrogen-bond acceptors (Lipinski definition) is 5. The van der Waals surface area contributed by atoms with E-state index in [1.807, 2.05) is 52.1 Å². The fourth-order valence-corrected chi connectivity index (χ4v) is 3.88. The summed E-state index contributed by atoms with van der Waals surface area (Å²) in [5.74, 6) is 0.516. The minimum absolute atomic E-state index is 0.00198. The molecule has 2 heterocycles. The van der Waals surface area contributed by atoms with Crippen LogP contribution in [0.3, 0.4) is 0 Å². The average molecular weight is 414 g/mol. The van der Waals surface area contributed by atoms with Crippen LogP contribution in [0.4, 0.5) is 11.4 Å². The number of benzene rings is 1. The Labute approximate surface area is 177 Å². The number of aryl methyl sites for hydroxylation is 2. The molecule has 1 fully saturated rings. The predicted octanol–water partition coefficient (Wildman–Crippen LogP) is 2.72. The second-order valence-electron chi connectivity index (χ2n) is 7.83. The molecule has 0 aliphatic carbocycles. The van der Waals surface area contributed by atoms with Gasteiger partial charge >= 0.3 is 0 Å². The molecule has 1 saturated heterocycles. The Bertz CT molecular complexity index is 915. The highest BCUT2D eigenvalue weighted by atomic mass is 16.5. The number of piperidine rings is 1. The van der Waals surface area contributed by atoms with Gasteiger partial charge < -0.3 is 15.4 Å². The van der Waals surface area contributed by atoms with Crippen LogP contribution in [0.25, 0.3) is 0 Å². The lowest BCUT2D eigenvalue weighted by Gasteiger charge is -2.34. The summed E-state index contributed by atoms with van der Waals surface area (Å²) in [5, 5.41) is 10.3. The summed E-state index contributed by atoms with van der Waals surface area (Å²) < 4.78 is 7.07. The number of hydrogen-bond donors (Lipinski definition) is 2. The second kappa shape index (κ2) is 9.30. The molecule has 1 aromatic heterocycles. The molecule has 162 valence electrons. The zero-order valence-electron chi connectivity index (χ0n) is 18.4. The van der Waals surface area contributed by atoms with E-state index in [4.69, 9.17) is 4.74 Å². The van der Waals surface area contributed by atoms with E-state index in [9.17, 15) is 9.59 Å². The van der Waals surface area contributed by atoms with Gasteiger partial charge in [-0.15, -0.1) is 0 Å². The minimum atomic E-state index is -0.276. The average Bonchev–Trinajstić information content (AvgIpc) is 2.99. The molecule has 2 N–H and O–H groups in total. The molecule has 0 saturated carbocycles. The Hall–Kier alpha value is -2.87. The normalized spacial score (nSPS) is 16.2. The van der Waals surface area contributed by atoms with Crippen LogP contribution in [0.2, 0.25) is 0 Å². The molecule has 1 unspecified atom stereocenters. The van der Waals surface area contributed by atoms with Crippen LogP contribution in [0, 0.1) is 19.8 Å². The van der Waals surface area contributed by atoms with Crippen LogP contribution in [-0.4, -0.2) is 52.7 Å². The lowest BCUT2D eigenvalue weighted by atomic mass is 9.94. The van der Waals surface area contributed by atoms with Gasteiger partial charge in [0.25, 0.3) is 0 Å². The summed E-state index contributed by atoms with van der Waals surface area (Å²) in [6.45, 7) is 7.13. The predicted molar refractivity (Wildman–Crippen MR) is 117 cm³/mol. The van der Waals surface area contributed by atoms with E-state index in [0.29, 0.717) is 37.4 Å². The van der Waals surface area contributed by atoms with Crippen LogP contribution in [-0.2, 0) is 16.6 Å². The standard InChI is InChI=1S/C22H31N5O3/c1-14-20(15(2)26(4)25-14)24-21(28)16(3)27-12-10-17(11-13-27)22(29)23-18-8-6-7-9-19(18)30-5/h6-9,16-17H,10-13H2,1-5H3,(H,23,29)(H,24,28). The first kappa shape index (κ1) is 21.8. The Morgan fingerprint density at radius 1 is 1.17 bits per heavy atom. The number of ether oxygens (including phenoxy) is 1. The van der Waals surface area contributed by atoms with E-state index in [0.717, 1.165) is 17.1 Å². The van der Waals surface area contributed by atoms with Gasteiger partial charge in [0.15, 0.2) is 0 Å². The van der Waals surface area contributed by atoms with Crippen molar-refractivity contribution < 1.29 is 14.3 Å². The maximum absolute atomic E-state index is 12.8. The van der Waals surface area contributed by atoms with Crippen LogP contribution in [0.1, 0.15) is 31.2 Å². The molecule has 1 aliphatic heterocycles. The lowest BCUT2D eigenvalue weighted by Crippen LogP contribution is -2.47. The Morgan fingerprint density at radius 3 is 2.43 bits per heavy atom. The van der Waals surface area contributed by atoms with Crippen molar-refractivity contribution >= 4 is 23.2 Å². The van der Waals surface area contributed by atoms with E-state index in [1.54, 1.807) is 11.8 Å². The first-order valence-corrected chi connectivity index (χ1v) is 10.3. The molecule has 2 amide bonds. The van der Waals surface area contributed by atoms with E-state index >= 15 is 0 Å². The van der Waals surface area contributed by atoms with Gasteiger partial charge in [0.05, 0.1) is 35.9 Å². The molecule has 0 bridgehead atoms. The zero-order chi connectivity index (χ0) is 21.8. The number of nitrogens with zero attached hydrogens (tertiary/aromatic N) is 3. The Balaban J connectivity index is 1.54. The molecule has 8 nitrogen and oxygen atoms in total. The number of carbonyl (C=O) groups excluding carboxylic acids is 2. The van der Waals surface area contributed by atoms with Crippen molar-refractivity contribution in [2.24, 2.45) is 13.0 Å². The maximum atomic E-state index is 12.8. The highest BCUT2D eigenvalue weighted by Crippen LogP contribution is 2.26. The monoisotopic (exact) mass is 413 g/mol. The highest BCUT2D eigenvalue weighted by Gasteiger charge is 2.30. The summed E-state index contributed by atoms with van der Waals surface area (Å²) in [6, 6.07) is 7.12.